The summed E-state index contributed by atoms with van der Waals surface area (Å²) in [6.45, 7) is 2.25. The van der Waals surface area contributed by atoms with Crippen molar-refractivity contribution in [1.82, 2.24) is 14.9 Å². The standard InChI is InChI=1S/C16H19N3O4S/c1-10(20)17-6-7-19-13(9-15(21)18-16(19)24)12-5-4-11(22-2)8-14(12)23-3/h4-5,8-9H,6-7H2,1-3H3,(H,17,20)(H,18,21,24). The van der Waals surface area contributed by atoms with Crippen LogP contribution >= 0.6 is 12.2 Å². The van der Waals surface area contributed by atoms with Gasteiger partial charge in [-0.2, -0.15) is 0 Å². The Kier molecular flexibility index (Phi) is 5.75. The summed E-state index contributed by atoms with van der Waals surface area (Å²) < 4.78 is 12.6. The van der Waals surface area contributed by atoms with Crippen LogP contribution in [-0.2, 0) is 11.3 Å². The van der Waals surface area contributed by atoms with Crippen LogP contribution in [0.25, 0.3) is 11.3 Å². The van der Waals surface area contributed by atoms with Crippen molar-refractivity contribution in [3.05, 3.63) is 39.4 Å². The fourth-order valence-corrected chi connectivity index (χ4v) is 2.61. The highest BCUT2D eigenvalue weighted by Gasteiger charge is 2.13. The van der Waals surface area contributed by atoms with E-state index in [1.54, 1.807) is 37.0 Å². The lowest BCUT2D eigenvalue weighted by Gasteiger charge is -2.16. The molecule has 1 aromatic carbocycles. The molecule has 0 fully saturated rings. The van der Waals surface area contributed by atoms with Gasteiger partial charge in [0.15, 0.2) is 4.77 Å². The molecule has 1 aromatic heterocycles. The Hall–Kier alpha value is -2.61. The molecular formula is C16H19N3O4S. The lowest BCUT2D eigenvalue weighted by Crippen LogP contribution is -2.26. The van der Waals surface area contributed by atoms with Gasteiger partial charge in [-0.15, -0.1) is 0 Å². The summed E-state index contributed by atoms with van der Waals surface area (Å²) in [6, 6.07) is 6.77. The number of amides is 1. The number of nitrogens with zero attached hydrogens (tertiary/aromatic N) is 1. The Balaban J connectivity index is 2.54. The van der Waals surface area contributed by atoms with Crippen LogP contribution < -0.4 is 20.3 Å². The number of ether oxygens (including phenoxy) is 2. The molecule has 0 atom stereocenters. The highest BCUT2D eigenvalue weighted by molar-refractivity contribution is 7.71. The SMILES string of the molecule is COc1ccc(-c2cc(=O)[nH]c(=S)n2CCNC(C)=O)c(OC)c1. The first-order valence-electron chi connectivity index (χ1n) is 7.27. The second kappa shape index (κ2) is 7.78. The van der Waals surface area contributed by atoms with Crippen molar-refractivity contribution < 1.29 is 14.3 Å². The zero-order valence-corrected chi connectivity index (χ0v) is 14.5. The van der Waals surface area contributed by atoms with Gasteiger partial charge < -0.3 is 19.4 Å². The summed E-state index contributed by atoms with van der Waals surface area (Å²) in [5, 5.41) is 2.71. The van der Waals surface area contributed by atoms with Crippen molar-refractivity contribution in [2.24, 2.45) is 0 Å². The molecule has 0 aliphatic rings. The van der Waals surface area contributed by atoms with Gasteiger partial charge in [-0.25, -0.2) is 0 Å². The number of carbonyl (C=O) groups excluding carboxylic acids is 1. The maximum atomic E-state index is 11.9. The average Bonchev–Trinajstić information content (AvgIpc) is 2.55. The Labute approximate surface area is 144 Å². The summed E-state index contributed by atoms with van der Waals surface area (Å²) in [4.78, 5) is 25.5. The first kappa shape index (κ1) is 17.7. The van der Waals surface area contributed by atoms with E-state index in [4.69, 9.17) is 21.7 Å². The molecule has 2 N–H and O–H groups in total. The van der Waals surface area contributed by atoms with Gasteiger partial charge in [-0.05, 0) is 24.4 Å². The predicted octanol–water partition coefficient (Wildman–Crippen LogP) is 1.73. The van der Waals surface area contributed by atoms with Gasteiger partial charge in [-0.3, -0.25) is 14.6 Å². The molecule has 0 spiro atoms. The lowest BCUT2D eigenvalue weighted by atomic mass is 10.1. The first-order valence-corrected chi connectivity index (χ1v) is 7.68. The van der Waals surface area contributed by atoms with Gasteiger partial charge >= 0.3 is 0 Å². The number of benzene rings is 1. The molecule has 24 heavy (non-hydrogen) atoms. The molecule has 0 bridgehead atoms. The number of hydrogen-bond donors (Lipinski definition) is 2. The lowest BCUT2D eigenvalue weighted by molar-refractivity contribution is -0.118. The van der Waals surface area contributed by atoms with Crippen LogP contribution in [0.3, 0.4) is 0 Å². The van der Waals surface area contributed by atoms with Gasteiger partial charge in [0.1, 0.15) is 11.5 Å². The van der Waals surface area contributed by atoms with E-state index in [0.717, 1.165) is 0 Å². The van der Waals surface area contributed by atoms with Crippen LogP contribution in [0, 0.1) is 4.77 Å². The van der Waals surface area contributed by atoms with E-state index in [1.165, 1.54) is 13.0 Å². The minimum Gasteiger partial charge on any atom is -0.497 e. The molecule has 1 heterocycles. The third kappa shape index (κ3) is 4.02. The van der Waals surface area contributed by atoms with Crippen molar-refractivity contribution in [2.45, 2.75) is 13.5 Å². The highest BCUT2D eigenvalue weighted by atomic mass is 32.1. The van der Waals surface area contributed by atoms with Crippen LogP contribution in [0.15, 0.2) is 29.1 Å². The van der Waals surface area contributed by atoms with Gasteiger partial charge in [-0.1, -0.05) is 0 Å². The van der Waals surface area contributed by atoms with Crippen molar-refractivity contribution in [3.8, 4) is 22.8 Å². The van der Waals surface area contributed by atoms with E-state index in [2.05, 4.69) is 10.3 Å². The zero-order chi connectivity index (χ0) is 17.7. The Morgan fingerprint density at radius 1 is 1.29 bits per heavy atom. The molecule has 0 saturated carbocycles. The van der Waals surface area contributed by atoms with E-state index in [-0.39, 0.29) is 16.2 Å². The summed E-state index contributed by atoms with van der Waals surface area (Å²) in [5.41, 5.74) is 1.01. The minimum absolute atomic E-state index is 0.130. The number of H-pyrrole nitrogens is 1. The number of carbonyl (C=O) groups is 1. The second-order valence-electron chi connectivity index (χ2n) is 5.02. The molecule has 0 unspecified atom stereocenters. The van der Waals surface area contributed by atoms with Crippen molar-refractivity contribution in [1.29, 1.82) is 0 Å². The normalized spacial score (nSPS) is 10.3. The Morgan fingerprint density at radius 2 is 2.04 bits per heavy atom. The van der Waals surface area contributed by atoms with Gasteiger partial charge in [0.25, 0.3) is 5.56 Å². The van der Waals surface area contributed by atoms with Crippen LogP contribution in [0.1, 0.15) is 6.92 Å². The zero-order valence-electron chi connectivity index (χ0n) is 13.7. The topological polar surface area (TPSA) is 85.4 Å². The third-order valence-corrected chi connectivity index (χ3v) is 3.75. The fraction of sp³-hybridized carbons (Fsp3) is 0.312. The number of methoxy groups -OCH3 is 2. The van der Waals surface area contributed by atoms with E-state index >= 15 is 0 Å². The molecule has 0 radical (unpaired) electrons. The third-order valence-electron chi connectivity index (χ3n) is 3.43. The second-order valence-corrected chi connectivity index (χ2v) is 5.41. The van der Waals surface area contributed by atoms with Gasteiger partial charge in [0.05, 0.1) is 19.9 Å². The average molecular weight is 349 g/mol. The summed E-state index contributed by atoms with van der Waals surface area (Å²) >= 11 is 5.26. The molecule has 2 rings (SSSR count). The largest absolute Gasteiger partial charge is 0.497 e. The van der Waals surface area contributed by atoms with Crippen molar-refractivity contribution in [2.75, 3.05) is 20.8 Å². The first-order chi connectivity index (χ1) is 11.5. The summed E-state index contributed by atoms with van der Waals surface area (Å²) in [6.07, 6.45) is 0. The van der Waals surface area contributed by atoms with Crippen LogP contribution in [0.5, 0.6) is 11.5 Å². The van der Waals surface area contributed by atoms with E-state index in [1.807, 2.05) is 0 Å². The van der Waals surface area contributed by atoms with E-state index in [0.29, 0.717) is 35.8 Å². The maximum Gasteiger partial charge on any atom is 0.252 e. The van der Waals surface area contributed by atoms with Crippen LogP contribution in [0.4, 0.5) is 0 Å². The smallest absolute Gasteiger partial charge is 0.252 e. The number of rotatable bonds is 6. The van der Waals surface area contributed by atoms with E-state index < -0.39 is 0 Å². The molecule has 8 heteroatoms. The molecule has 1 amide bonds. The highest BCUT2D eigenvalue weighted by Crippen LogP contribution is 2.32. The molecular weight excluding hydrogens is 330 g/mol. The molecule has 128 valence electrons. The minimum atomic E-state index is -0.302. The van der Waals surface area contributed by atoms with Gasteiger partial charge in [0, 0.05) is 37.7 Å². The number of hydrogen-bond acceptors (Lipinski definition) is 5. The molecule has 0 aliphatic heterocycles. The predicted molar refractivity (Wildman–Crippen MR) is 93.1 cm³/mol. The van der Waals surface area contributed by atoms with Crippen molar-refractivity contribution >= 4 is 18.1 Å². The fourth-order valence-electron chi connectivity index (χ4n) is 2.32. The quantitative estimate of drug-likeness (QED) is 0.776. The van der Waals surface area contributed by atoms with Crippen LogP contribution in [0.2, 0.25) is 0 Å². The van der Waals surface area contributed by atoms with Gasteiger partial charge in [0.2, 0.25) is 5.91 Å². The Morgan fingerprint density at radius 3 is 2.67 bits per heavy atom. The summed E-state index contributed by atoms with van der Waals surface area (Å²) in [5.74, 6) is 1.07. The number of nitrogens with one attached hydrogen (secondary N) is 2. The number of aromatic amines is 1. The van der Waals surface area contributed by atoms with Crippen LogP contribution in [-0.4, -0.2) is 36.2 Å². The van der Waals surface area contributed by atoms with E-state index in [9.17, 15) is 9.59 Å². The maximum absolute atomic E-state index is 11.9. The molecule has 0 saturated heterocycles. The summed E-state index contributed by atoms with van der Waals surface area (Å²) in [7, 11) is 3.11. The molecule has 7 nitrogen and oxygen atoms in total. The van der Waals surface area contributed by atoms with Crippen molar-refractivity contribution in [3.63, 3.8) is 0 Å². The Bertz CT molecular complexity index is 857. The molecule has 0 aliphatic carbocycles. The monoisotopic (exact) mass is 349 g/mol. The molecule has 2 aromatic rings. The number of aromatic nitrogens is 2.